The molecule has 1 aromatic carbocycles. The molecule has 0 bridgehead atoms. The first-order valence-corrected chi connectivity index (χ1v) is 8.54. The van der Waals surface area contributed by atoms with Crippen molar-refractivity contribution < 1.29 is 5.11 Å². The van der Waals surface area contributed by atoms with Crippen molar-refractivity contribution in [3.63, 3.8) is 0 Å². The fourth-order valence-electron chi connectivity index (χ4n) is 2.29. The molecule has 0 unspecified atom stereocenters. The van der Waals surface area contributed by atoms with Crippen molar-refractivity contribution in [3.8, 4) is 0 Å². The maximum absolute atomic E-state index is 12.0. The minimum absolute atomic E-state index is 0.184. The predicted octanol–water partition coefficient (Wildman–Crippen LogP) is 5.58. The topological polar surface area (TPSA) is 23.1 Å². The molecule has 0 fully saturated rings. The lowest BCUT2D eigenvalue weighted by molar-refractivity contribution is -0.302. The van der Waals surface area contributed by atoms with Crippen LogP contribution in [0.25, 0.3) is 6.08 Å². The van der Waals surface area contributed by atoms with Crippen LogP contribution in [0.4, 0.5) is 0 Å². The van der Waals surface area contributed by atoms with Crippen LogP contribution >= 0.6 is 0 Å². The molecule has 122 valence electrons. The highest BCUT2D eigenvalue weighted by molar-refractivity contribution is 5.65. The standard InChI is InChI=1S/C18H16O.2C2H6/c19-18-16(11-14-7-3-1-4-8-14)13-17(18)12-15-9-5-2-6-10-15;2*1-2/h1,3-12,19H,2,13H2;2*1-2H3/p-1. The Labute approximate surface area is 141 Å². The normalized spacial score (nSPS) is 16.9. The summed E-state index contributed by atoms with van der Waals surface area (Å²) in [6.45, 7) is 8.00. The summed E-state index contributed by atoms with van der Waals surface area (Å²) in [6.07, 6.45) is 14.1. The zero-order valence-corrected chi connectivity index (χ0v) is 14.7. The zero-order valence-electron chi connectivity index (χ0n) is 14.7. The van der Waals surface area contributed by atoms with Crippen LogP contribution < -0.4 is 5.11 Å². The Morgan fingerprint density at radius 3 is 2.04 bits per heavy atom. The number of benzene rings is 1. The predicted molar refractivity (Wildman–Crippen MR) is 99.7 cm³/mol. The Morgan fingerprint density at radius 1 is 0.870 bits per heavy atom. The third kappa shape index (κ3) is 5.45. The van der Waals surface area contributed by atoms with Gasteiger partial charge in [0.05, 0.1) is 0 Å². The highest BCUT2D eigenvalue weighted by Gasteiger charge is 2.13. The van der Waals surface area contributed by atoms with E-state index in [4.69, 9.17) is 0 Å². The van der Waals surface area contributed by atoms with Gasteiger partial charge < -0.3 is 5.11 Å². The quantitative estimate of drug-likeness (QED) is 0.699. The van der Waals surface area contributed by atoms with Crippen molar-refractivity contribution in [2.75, 3.05) is 0 Å². The Bertz CT molecular complexity index is 611. The molecule has 3 rings (SSSR count). The Morgan fingerprint density at radius 2 is 1.48 bits per heavy atom. The second kappa shape index (κ2) is 10.4. The molecular weight excluding hydrogens is 280 g/mol. The van der Waals surface area contributed by atoms with Crippen molar-refractivity contribution in [1.82, 2.24) is 0 Å². The summed E-state index contributed by atoms with van der Waals surface area (Å²) >= 11 is 0. The molecule has 2 aliphatic carbocycles. The molecule has 0 saturated heterocycles. The van der Waals surface area contributed by atoms with Gasteiger partial charge in [0.1, 0.15) is 0 Å². The summed E-state index contributed by atoms with van der Waals surface area (Å²) in [6, 6.07) is 9.99. The highest BCUT2D eigenvalue weighted by Crippen LogP contribution is 2.33. The zero-order chi connectivity index (χ0) is 17.1. The molecule has 1 nitrogen and oxygen atoms in total. The Hall–Kier alpha value is -2.28. The molecule has 0 amide bonds. The SMILES string of the molecule is CC.CC.[O-]C1=C(C=C2C=CCC=C2)CC1=Cc1ccccc1. The molecule has 0 aromatic heterocycles. The first-order chi connectivity index (χ1) is 11.3. The molecule has 2 aliphatic rings. The third-order valence-electron chi connectivity index (χ3n) is 3.34. The molecule has 0 saturated carbocycles. The number of allylic oxidation sites excluding steroid dienone is 8. The van der Waals surface area contributed by atoms with Crippen molar-refractivity contribution in [2.45, 2.75) is 40.5 Å². The van der Waals surface area contributed by atoms with Crippen molar-refractivity contribution in [2.24, 2.45) is 0 Å². The van der Waals surface area contributed by atoms with Gasteiger partial charge in [0.2, 0.25) is 0 Å². The smallest absolute Gasteiger partial charge is 0.00373 e. The fraction of sp³-hybridized carbons (Fsp3) is 0.273. The third-order valence-corrected chi connectivity index (χ3v) is 3.34. The van der Waals surface area contributed by atoms with Crippen LogP contribution in [0.3, 0.4) is 0 Å². The summed E-state index contributed by atoms with van der Waals surface area (Å²) in [7, 11) is 0. The van der Waals surface area contributed by atoms with Crippen LogP contribution in [0.1, 0.15) is 46.1 Å². The van der Waals surface area contributed by atoms with Crippen molar-refractivity contribution in [3.05, 3.63) is 88.8 Å². The molecule has 0 aliphatic heterocycles. The van der Waals surface area contributed by atoms with Crippen molar-refractivity contribution >= 4 is 6.08 Å². The van der Waals surface area contributed by atoms with Crippen molar-refractivity contribution in [1.29, 1.82) is 0 Å². The number of hydrogen-bond donors (Lipinski definition) is 0. The number of hydrogen-bond acceptors (Lipinski definition) is 1. The van der Waals surface area contributed by atoms with Gasteiger partial charge in [-0.05, 0) is 24.0 Å². The molecule has 0 spiro atoms. The molecule has 0 heterocycles. The average molecular weight is 307 g/mol. The van der Waals surface area contributed by atoms with E-state index in [1.165, 1.54) is 0 Å². The van der Waals surface area contributed by atoms with Gasteiger partial charge in [-0.2, -0.15) is 0 Å². The molecule has 0 N–H and O–H groups in total. The van der Waals surface area contributed by atoms with Gasteiger partial charge in [0, 0.05) is 0 Å². The van der Waals surface area contributed by atoms with Gasteiger partial charge in [-0.25, -0.2) is 0 Å². The molecule has 23 heavy (non-hydrogen) atoms. The van der Waals surface area contributed by atoms with Gasteiger partial charge >= 0.3 is 0 Å². The van der Waals surface area contributed by atoms with Crippen LogP contribution in [0, 0.1) is 0 Å². The lowest BCUT2D eigenvalue weighted by Crippen LogP contribution is -2.18. The number of rotatable bonds is 2. The monoisotopic (exact) mass is 307 g/mol. The second-order valence-electron chi connectivity index (χ2n) is 4.80. The summed E-state index contributed by atoms with van der Waals surface area (Å²) in [4.78, 5) is 0. The van der Waals surface area contributed by atoms with Gasteiger partial charge in [-0.1, -0.05) is 106 Å². The second-order valence-corrected chi connectivity index (χ2v) is 4.80. The van der Waals surface area contributed by atoms with E-state index < -0.39 is 0 Å². The van der Waals surface area contributed by atoms with E-state index in [0.717, 1.165) is 35.1 Å². The molecule has 0 atom stereocenters. The maximum atomic E-state index is 12.0. The van der Waals surface area contributed by atoms with E-state index in [0.29, 0.717) is 0 Å². The summed E-state index contributed by atoms with van der Waals surface area (Å²) in [5.74, 6) is 0.184. The minimum Gasteiger partial charge on any atom is -0.872 e. The summed E-state index contributed by atoms with van der Waals surface area (Å²) in [5.41, 5.74) is 4.03. The lowest BCUT2D eigenvalue weighted by atomic mass is 9.87. The van der Waals surface area contributed by atoms with Crippen LogP contribution in [-0.2, 0) is 0 Å². The van der Waals surface area contributed by atoms with Crippen LogP contribution in [0.2, 0.25) is 0 Å². The maximum Gasteiger partial charge on any atom is -0.00373 e. The largest absolute Gasteiger partial charge is 0.872 e. The van der Waals surface area contributed by atoms with E-state index >= 15 is 0 Å². The average Bonchev–Trinajstić information content (AvgIpc) is 2.65. The van der Waals surface area contributed by atoms with Crippen LogP contribution in [0.5, 0.6) is 0 Å². The van der Waals surface area contributed by atoms with Crippen LogP contribution in [-0.4, -0.2) is 0 Å². The Kier molecular flexibility index (Phi) is 8.52. The fourth-order valence-corrected chi connectivity index (χ4v) is 2.29. The van der Waals surface area contributed by atoms with E-state index in [1.54, 1.807) is 0 Å². The molecule has 0 radical (unpaired) electrons. The molecular formula is C22H27O-. The minimum atomic E-state index is 0.184. The van der Waals surface area contributed by atoms with E-state index in [2.05, 4.69) is 24.3 Å². The van der Waals surface area contributed by atoms with E-state index in [-0.39, 0.29) is 5.76 Å². The van der Waals surface area contributed by atoms with Crippen LogP contribution in [0.15, 0.2) is 83.2 Å². The van der Waals surface area contributed by atoms with E-state index in [9.17, 15) is 5.11 Å². The molecule has 1 aromatic rings. The van der Waals surface area contributed by atoms with E-state index in [1.807, 2.05) is 70.2 Å². The van der Waals surface area contributed by atoms with Gasteiger partial charge in [0.25, 0.3) is 0 Å². The summed E-state index contributed by atoms with van der Waals surface area (Å²) in [5, 5.41) is 12.0. The molecule has 1 heteroatoms. The van der Waals surface area contributed by atoms with Gasteiger partial charge in [0.15, 0.2) is 0 Å². The lowest BCUT2D eigenvalue weighted by Gasteiger charge is -2.31. The summed E-state index contributed by atoms with van der Waals surface area (Å²) < 4.78 is 0. The first-order valence-electron chi connectivity index (χ1n) is 8.54. The highest BCUT2D eigenvalue weighted by atomic mass is 16.3. The first kappa shape index (κ1) is 18.8. The van der Waals surface area contributed by atoms with Gasteiger partial charge in [-0.3, -0.25) is 0 Å². The van der Waals surface area contributed by atoms with Gasteiger partial charge in [-0.15, -0.1) is 5.76 Å². The Balaban J connectivity index is 0.000000615.